The maximum absolute atomic E-state index is 12.7. The van der Waals surface area contributed by atoms with Gasteiger partial charge < -0.3 is 9.64 Å². The smallest absolute Gasteiger partial charge is 0.329 e. The number of aryl methyl sites for hydroxylation is 1. The standard InChI is InChI=1S/C19H22N2O3/c1-4-24-19(23)17(13-15-10-6-5-7-11-15)21(3)18(22)16-12-8-9-14(2)20-16/h5-12,17H,4,13H2,1-3H3/t17-/m1/s1. The molecule has 1 aromatic carbocycles. The molecule has 5 nitrogen and oxygen atoms in total. The first-order valence-electron chi connectivity index (χ1n) is 7.94. The molecule has 0 saturated carbocycles. The van der Waals surface area contributed by atoms with E-state index < -0.39 is 12.0 Å². The van der Waals surface area contributed by atoms with Gasteiger partial charge in [-0.05, 0) is 31.5 Å². The largest absolute Gasteiger partial charge is 0.464 e. The summed E-state index contributed by atoms with van der Waals surface area (Å²) in [5.41, 5.74) is 2.04. The third-order valence-electron chi connectivity index (χ3n) is 3.73. The van der Waals surface area contributed by atoms with Gasteiger partial charge >= 0.3 is 5.97 Å². The lowest BCUT2D eigenvalue weighted by Gasteiger charge is -2.26. The molecule has 5 heteroatoms. The zero-order valence-corrected chi connectivity index (χ0v) is 14.2. The highest BCUT2D eigenvalue weighted by Crippen LogP contribution is 2.13. The van der Waals surface area contributed by atoms with Crippen LogP contribution in [0.5, 0.6) is 0 Å². The number of esters is 1. The molecule has 0 aliphatic carbocycles. The molecule has 126 valence electrons. The first-order chi connectivity index (χ1) is 11.5. The fourth-order valence-electron chi connectivity index (χ4n) is 2.44. The highest BCUT2D eigenvalue weighted by atomic mass is 16.5. The molecule has 1 aromatic heterocycles. The molecule has 0 bridgehead atoms. The molecule has 0 unspecified atom stereocenters. The fourth-order valence-corrected chi connectivity index (χ4v) is 2.44. The van der Waals surface area contributed by atoms with Crippen LogP contribution in [0.3, 0.4) is 0 Å². The van der Waals surface area contributed by atoms with Crippen molar-refractivity contribution in [3.05, 3.63) is 65.5 Å². The van der Waals surface area contributed by atoms with Gasteiger partial charge in [-0.2, -0.15) is 0 Å². The van der Waals surface area contributed by atoms with Crippen molar-refractivity contribution in [3.8, 4) is 0 Å². The van der Waals surface area contributed by atoms with Gasteiger partial charge in [0.1, 0.15) is 11.7 Å². The minimum atomic E-state index is -0.692. The summed E-state index contributed by atoms with van der Waals surface area (Å²) < 4.78 is 5.15. The van der Waals surface area contributed by atoms with Gasteiger partial charge in [0.2, 0.25) is 0 Å². The zero-order chi connectivity index (χ0) is 17.5. The number of likely N-dealkylation sites (N-methyl/N-ethyl adjacent to an activating group) is 1. The van der Waals surface area contributed by atoms with Crippen molar-refractivity contribution in [3.63, 3.8) is 0 Å². The lowest BCUT2D eigenvalue weighted by Crippen LogP contribution is -2.45. The number of hydrogen-bond donors (Lipinski definition) is 0. The summed E-state index contributed by atoms with van der Waals surface area (Å²) in [4.78, 5) is 30.7. The lowest BCUT2D eigenvalue weighted by molar-refractivity contribution is -0.148. The minimum absolute atomic E-state index is 0.273. The quantitative estimate of drug-likeness (QED) is 0.766. The molecular formula is C19H22N2O3. The molecule has 0 radical (unpaired) electrons. The summed E-state index contributed by atoms with van der Waals surface area (Å²) in [5.74, 6) is -0.711. The Kier molecular flexibility index (Phi) is 6.07. The van der Waals surface area contributed by atoms with Gasteiger partial charge in [0.05, 0.1) is 6.61 Å². The average Bonchev–Trinajstić information content (AvgIpc) is 2.59. The van der Waals surface area contributed by atoms with Gasteiger partial charge in [-0.15, -0.1) is 0 Å². The van der Waals surface area contributed by atoms with Crippen LogP contribution in [0.4, 0.5) is 0 Å². The highest BCUT2D eigenvalue weighted by Gasteiger charge is 2.29. The van der Waals surface area contributed by atoms with Gasteiger partial charge in [0, 0.05) is 19.2 Å². The summed E-state index contributed by atoms with van der Waals surface area (Å²) >= 11 is 0. The molecule has 0 spiro atoms. The third-order valence-corrected chi connectivity index (χ3v) is 3.73. The number of rotatable bonds is 6. The second-order valence-electron chi connectivity index (χ2n) is 5.54. The van der Waals surface area contributed by atoms with Crippen LogP contribution in [0.2, 0.25) is 0 Å². The number of carbonyl (C=O) groups is 2. The molecule has 0 N–H and O–H groups in total. The third kappa shape index (κ3) is 4.41. The number of nitrogens with zero attached hydrogens (tertiary/aromatic N) is 2. The van der Waals surface area contributed by atoms with Crippen LogP contribution in [0.1, 0.15) is 28.7 Å². The Balaban J connectivity index is 2.24. The molecule has 1 atom stereocenters. The molecule has 0 saturated heterocycles. The van der Waals surface area contributed by atoms with E-state index >= 15 is 0 Å². The summed E-state index contributed by atoms with van der Waals surface area (Å²) in [6, 6.07) is 14.1. The molecule has 1 heterocycles. The van der Waals surface area contributed by atoms with Crippen molar-refractivity contribution in [1.82, 2.24) is 9.88 Å². The van der Waals surface area contributed by atoms with Crippen LogP contribution in [0, 0.1) is 6.92 Å². The van der Waals surface area contributed by atoms with Gasteiger partial charge in [0.25, 0.3) is 5.91 Å². The molecule has 2 aromatic rings. The predicted octanol–water partition coefficient (Wildman–Crippen LogP) is 2.64. The Morgan fingerprint density at radius 1 is 1.12 bits per heavy atom. The Bertz CT molecular complexity index is 701. The van der Waals surface area contributed by atoms with Crippen LogP contribution >= 0.6 is 0 Å². The van der Waals surface area contributed by atoms with E-state index in [9.17, 15) is 9.59 Å². The van der Waals surface area contributed by atoms with E-state index in [0.717, 1.165) is 11.3 Å². The molecule has 2 rings (SSSR count). The van der Waals surface area contributed by atoms with Gasteiger partial charge in [-0.25, -0.2) is 9.78 Å². The molecule has 1 amide bonds. The molecule has 0 aliphatic heterocycles. The fraction of sp³-hybridized carbons (Fsp3) is 0.316. The Morgan fingerprint density at radius 3 is 2.46 bits per heavy atom. The Labute approximate surface area is 142 Å². The number of carbonyl (C=O) groups excluding carboxylic acids is 2. The number of ether oxygens (including phenoxy) is 1. The first kappa shape index (κ1) is 17.7. The summed E-state index contributed by atoms with van der Waals surface area (Å²) in [6.45, 7) is 3.85. The van der Waals surface area contributed by atoms with Crippen LogP contribution in [0.15, 0.2) is 48.5 Å². The predicted molar refractivity (Wildman–Crippen MR) is 91.6 cm³/mol. The zero-order valence-electron chi connectivity index (χ0n) is 14.2. The number of aromatic nitrogens is 1. The molecule has 24 heavy (non-hydrogen) atoms. The second-order valence-corrected chi connectivity index (χ2v) is 5.54. The number of pyridine rings is 1. The van der Waals surface area contributed by atoms with Crippen LogP contribution in [-0.2, 0) is 16.0 Å². The van der Waals surface area contributed by atoms with Crippen LogP contribution in [0.25, 0.3) is 0 Å². The van der Waals surface area contributed by atoms with E-state index in [1.54, 1.807) is 26.1 Å². The maximum Gasteiger partial charge on any atom is 0.329 e. The topological polar surface area (TPSA) is 59.5 Å². The van der Waals surface area contributed by atoms with E-state index in [2.05, 4.69) is 4.98 Å². The van der Waals surface area contributed by atoms with Gasteiger partial charge in [-0.1, -0.05) is 36.4 Å². The summed E-state index contributed by atoms with van der Waals surface area (Å²) in [6.07, 6.45) is 0.397. The lowest BCUT2D eigenvalue weighted by atomic mass is 10.0. The number of benzene rings is 1. The normalized spacial score (nSPS) is 11.6. The van der Waals surface area contributed by atoms with E-state index in [-0.39, 0.29) is 12.5 Å². The summed E-state index contributed by atoms with van der Waals surface area (Å²) in [7, 11) is 1.61. The number of hydrogen-bond acceptors (Lipinski definition) is 4. The van der Waals surface area contributed by atoms with Crippen molar-refractivity contribution < 1.29 is 14.3 Å². The minimum Gasteiger partial charge on any atom is -0.464 e. The van der Waals surface area contributed by atoms with E-state index in [1.807, 2.05) is 43.3 Å². The van der Waals surface area contributed by atoms with E-state index in [4.69, 9.17) is 4.74 Å². The van der Waals surface area contributed by atoms with Crippen molar-refractivity contribution in [2.24, 2.45) is 0 Å². The number of amides is 1. The van der Waals surface area contributed by atoms with E-state index in [1.165, 1.54) is 4.90 Å². The Hall–Kier alpha value is -2.69. The van der Waals surface area contributed by atoms with Crippen molar-refractivity contribution >= 4 is 11.9 Å². The summed E-state index contributed by atoms with van der Waals surface area (Å²) in [5, 5.41) is 0. The molecule has 0 fully saturated rings. The average molecular weight is 326 g/mol. The highest BCUT2D eigenvalue weighted by molar-refractivity contribution is 5.95. The van der Waals surface area contributed by atoms with Crippen LogP contribution < -0.4 is 0 Å². The van der Waals surface area contributed by atoms with Gasteiger partial charge in [-0.3, -0.25) is 4.79 Å². The second kappa shape index (κ2) is 8.24. The van der Waals surface area contributed by atoms with Crippen molar-refractivity contribution in [2.45, 2.75) is 26.3 Å². The van der Waals surface area contributed by atoms with E-state index in [0.29, 0.717) is 12.1 Å². The maximum atomic E-state index is 12.7. The first-order valence-corrected chi connectivity index (χ1v) is 7.94. The molecule has 0 aliphatic rings. The SMILES string of the molecule is CCOC(=O)[C@@H](Cc1ccccc1)N(C)C(=O)c1cccc(C)n1. The van der Waals surface area contributed by atoms with Crippen LogP contribution in [-0.4, -0.2) is 41.5 Å². The monoisotopic (exact) mass is 326 g/mol. The Morgan fingerprint density at radius 2 is 1.83 bits per heavy atom. The molecular weight excluding hydrogens is 304 g/mol. The van der Waals surface area contributed by atoms with Gasteiger partial charge in [0.15, 0.2) is 0 Å². The van der Waals surface area contributed by atoms with Crippen molar-refractivity contribution in [1.29, 1.82) is 0 Å². The van der Waals surface area contributed by atoms with Crippen molar-refractivity contribution in [2.75, 3.05) is 13.7 Å².